The van der Waals surface area contributed by atoms with Crippen LogP contribution < -0.4 is 5.32 Å². The summed E-state index contributed by atoms with van der Waals surface area (Å²) in [6.07, 6.45) is -1.83. The van der Waals surface area contributed by atoms with E-state index in [2.05, 4.69) is 5.32 Å². The van der Waals surface area contributed by atoms with Crippen molar-refractivity contribution >= 4 is 5.91 Å². The molecule has 4 nitrogen and oxygen atoms in total. The molecular weight excluding hydrogens is 237 g/mol. The quantitative estimate of drug-likeness (QED) is 0.768. The number of nitrogens with one attached hydrogen (secondary N) is 1. The van der Waals surface area contributed by atoms with E-state index < -0.39 is 12.7 Å². The van der Waals surface area contributed by atoms with E-state index in [-0.39, 0.29) is 25.1 Å². The Labute approximate surface area is 97.8 Å². The summed E-state index contributed by atoms with van der Waals surface area (Å²) in [5.41, 5.74) is 0. The van der Waals surface area contributed by atoms with Crippen LogP contribution in [-0.4, -0.2) is 54.4 Å². The van der Waals surface area contributed by atoms with Crippen LogP contribution in [0.4, 0.5) is 13.2 Å². The molecule has 17 heavy (non-hydrogen) atoms. The Morgan fingerprint density at radius 2 is 2.12 bits per heavy atom. The molecule has 1 aliphatic rings. The van der Waals surface area contributed by atoms with Gasteiger partial charge in [-0.15, -0.1) is 0 Å². The third-order valence-corrected chi connectivity index (χ3v) is 2.76. The summed E-state index contributed by atoms with van der Waals surface area (Å²) in [7, 11) is 0. The van der Waals surface area contributed by atoms with Gasteiger partial charge in [-0.2, -0.15) is 13.2 Å². The molecule has 1 aliphatic heterocycles. The van der Waals surface area contributed by atoms with E-state index in [1.807, 2.05) is 0 Å². The lowest BCUT2D eigenvalue weighted by atomic mass is 10.0. The molecule has 0 aliphatic carbocycles. The molecule has 0 radical (unpaired) electrons. The van der Waals surface area contributed by atoms with Crippen LogP contribution >= 0.6 is 0 Å². The molecule has 0 bridgehead atoms. The first-order chi connectivity index (χ1) is 7.94. The van der Waals surface area contributed by atoms with Crippen molar-refractivity contribution in [3.8, 4) is 0 Å². The van der Waals surface area contributed by atoms with Gasteiger partial charge in [0.25, 0.3) is 0 Å². The number of likely N-dealkylation sites (tertiary alicyclic amines) is 1. The van der Waals surface area contributed by atoms with Crippen molar-refractivity contribution in [3.63, 3.8) is 0 Å². The van der Waals surface area contributed by atoms with Crippen molar-refractivity contribution in [1.82, 2.24) is 10.2 Å². The molecule has 1 unspecified atom stereocenters. The van der Waals surface area contributed by atoms with Gasteiger partial charge in [0, 0.05) is 6.54 Å². The van der Waals surface area contributed by atoms with Crippen LogP contribution in [0.15, 0.2) is 0 Å². The lowest BCUT2D eigenvalue weighted by Gasteiger charge is -2.34. The number of hydrogen-bond donors (Lipinski definition) is 2. The molecule has 0 aromatic rings. The highest BCUT2D eigenvalue weighted by atomic mass is 19.4. The van der Waals surface area contributed by atoms with Gasteiger partial charge in [0.05, 0.1) is 25.7 Å². The number of halogens is 3. The summed E-state index contributed by atoms with van der Waals surface area (Å²) >= 11 is 0. The van der Waals surface area contributed by atoms with Gasteiger partial charge < -0.3 is 15.3 Å². The predicted molar refractivity (Wildman–Crippen MR) is 55.4 cm³/mol. The Kier molecular flexibility index (Phi) is 5.20. The van der Waals surface area contributed by atoms with E-state index >= 15 is 0 Å². The molecule has 0 aromatic carbocycles. The van der Waals surface area contributed by atoms with Gasteiger partial charge in [-0.1, -0.05) is 0 Å². The van der Waals surface area contributed by atoms with Crippen molar-refractivity contribution in [3.05, 3.63) is 0 Å². The number of nitrogens with zero attached hydrogens (tertiary/aromatic N) is 1. The van der Waals surface area contributed by atoms with Gasteiger partial charge in [-0.3, -0.25) is 4.79 Å². The smallest absolute Gasteiger partial charge is 0.394 e. The number of hydrogen-bond acceptors (Lipinski definition) is 3. The molecule has 1 heterocycles. The van der Waals surface area contributed by atoms with Crippen LogP contribution in [0.2, 0.25) is 0 Å². The zero-order valence-corrected chi connectivity index (χ0v) is 9.46. The Morgan fingerprint density at radius 1 is 1.41 bits per heavy atom. The van der Waals surface area contributed by atoms with Crippen molar-refractivity contribution in [2.24, 2.45) is 0 Å². The van der Waals surface area contributed by atoms with Crippen molar-refractivity contribution in [2.45, 2.75) is 31.5 Å². The summed E-state index contributed by atoms with van der Waals surface area (Å²) in [6.45, 7) is -1.13. The van der Waals surface area contributed by atoms with Gasteiger partial charge in [0.2, 0.25) is 5.91 Å². The maximum Gasteiger partial charge on any atom is 0.401 e. The van der Waals surface area contributed by atoms with E-state index in [0.29, 0.717) is 13.0 Å². The lowest BCUT2D eigenvalue weighted by molar-refractivity contribution is -0.137. The van der Waals surface area contributed by atoms with E-state index in [0.717, 1.165) is 12.8 Å². The SMILES string of the molecule is O=C(CNCC(F)(F)F)N1CCCCC1CO. The van der Waals surface area contributed by atoms with Crippen molar-refractivity contribution in [2.75, 3.05) is 26.2 Å². The fourth-order valence-corrected chi connectivity index (χ4v) is 1.93. The average Bonchev–Trinajstić information content (AvgIpc) is 2.27. The average molecular weight is 254 g/mol. The molecule has 1 saturated heterocycles. The van der Waals surface area contributed by atoms with Crippen LogP contribution in [0.1, 0.15) is 19.3 Å². The molecule has 1 fully saturated rings. The number of piperidine rings is 1. The van der Waals surface area contributed by atoms with Gasteiger partial charge in [0.1, 0.15) is 0 Å². The maximum atomic E-state index is 11.9. The van der Waals surface area contributed by atoms with Gasteiger partial charge in [0.15, 0.2) is 0 Å². The number of carbonyl (C=O) groups is 1. The monoisotopic (exact) mass is 254 g/mol. The zero-order valence-electron chi connectivity index (χ0n) is 9.46. The number of rotatable bonds is 4. The predicted octanol–water partition coefficient (Wildman–Crippen LogP) is 0.512. The normalized spacial score (nSPS) is 21.6. The summed E-state index contributed by atoms with van der Waals surface area (Å²) in [4.78, 5) is 13.1. The topological polar surface area (TPSA) is 52.6 Å². The lowest BCUT2D eigenvalue weighted by Crippen LogP contribution is -2.49. The Hall–Kier alpha value is -0.820. The fraction of sp³-hybridized carbons (Fsp3) is 0.900. The first-order valence-electron chi connectivity index (χ1n) is 5.62. The highest BCUT2D eigenvalue weighted by Gasteiger charge is 2.29. The zero-order chi connectivity index (χ0) is 12.9. The molecular formula is C10H17F3N2O2. The molecule has 2 N–H and O–H groups in total. The van der Waals surface area contributed by atoms with E-state index in [1.54, 1.807) is 0 Å². The second-order valence-electron chi connectivity index (χ2n) is 4.14. The highest BCUT2D eigenvalue weighted by molar-refractivity contribution is 5.78. The molecule has 0 aromatic heterocycles. The van der Waals surface area contributed by atoms with Gasteiger partial charge in [-0.05, 0) is 19.3 Å². The Bertz CT molecular complexity index is 258. The molecule has 7 heteroatoms. The van der Waals surface area contributed by atoms with E-state index in [1.165, 1.54) is 4.90 Å². The highest BCUT2D eigenvalue weighted by Crippen LogP contribution is 2.16. The van der Waals surface area contributed by atoms with Crippen LogP contribution in [-0.2, 0) is 4.79 Å². The summed E-state index contributed by atoms with van der Waals surface area (Å²) in [5.74, 6) is -0.381. The van der Waals surface area contributed by atoms with Crippen LogP contribution in [0, 0.1) is 0 Å². The molecule has 1 amide bonds. The second kappa shape index (κ2) is 6.20. The molecule has 0 saturated carbocycles. The molecule has 1 atom stereocenters. The van der Waals surface area contributed by atoms with Crippen molar-refractivity contribution < 1.29 is 23.1 Å². The van der Waals surface area contributed by atoms with Crippen LogP contribution in [0.5, 0.6) is 0 Å². The van der Waals surface area contributed by atoms with E-state index in [9.17, 15) is 18.0 Å². The third kappa shape index (κ3) is 4.91. The minimum absolute atomic E-state index is 0.134. The number of amides is 1. The third-order valence-electron chi connectivity index (χ3n) is 2.76. The first kappa shape index (κ1) is 14.2. The van der Waals surface area contributed by atoms with Gasteiger partial charge >= 0.3 is 6.18 Å². The van der Waals surface area contributed by atoms with Crippen LogP contribution in [0.3, 0.4) is 0 Å². The molecule has 0 spiro atoms. The second-order valence-corrected chi connectivity index (χ2v) is 4.14. The van der Waals surface area contributed by atoms with Gasteiger partial charge in [-0.25, -0.2) is 0 Å². The summed E-state index contributed by atoms with van der Waals surface area (Å²) in [5, 5.41) is 11.1. The number of alkyl halides is 3. The van der Waals surface area contributed by atoms with Crippen molar-refractivity contribution in [1.29, 1.82) is 0 Å². The number of carbonyl (C=O) groups excluding carboxylic acids is 1. The minimum atomic E-state index is -4.31. The Morgan fingerprint density at radius 3 is 2.71 bits per heavy atom. The number of aliphatic hydroxyl groups excluding tert-OH is 1. The summed E-state index contributed by atoms with van der Waals surface area (Å²) in [6, 6.07) is -0.246. The molecule has 1 rings (SSSR count). The first-order valence-corrected chi connectivity index (χ1v) is 5.62. The molecule has 100 valence electrons. The Balaban J connectivity index is 2.35. The summed E-state index contributed by atoms with van der Waals surface area (Å²) < 4.78 is 35.6. The standard InChI is InChI=1S/C10H17F3N2O2/c11-10(12,13)7-14-5-9(17)15-4-2-1-3-8(15)6-16/h8,14,16H,1-7H2. The fourth-order valence-electron chi connectivity index (χ4n) is 1.93. The minimum Gasteiger partial charge on any atom is -0.394 e. The maximum absolute atomic E-state index is 11.9. The van der Waals surface area contributed by atoms with Crippen LogP contribution in [0.25, 0.3) is 0 Å². The van der Waals surface area contributed by atoms with E-state index in [4.69, 9.17) is 5.11 Å². The number of aliphatic hydroxyl groups is 1. The largest absolute Gasteiger partial charge is 0.401 e.